The fraction of sp³-hybridized carbons (Fsp3) is 0.588. The number of halogens is 1. The Balaban J connectivity index is 1.59. The number of ether oxygens (including phenoxy) is 1. The molecule has 6 heteroatoms. The SMILES string of the molecule is O=C(CNCC1CCCO1)N1CCNCC1c1ccccc1Cl. The molecule has 3 rings (SSSR count). The van der Waals surface area contributed by atoms with Crippen molar-refractivity contribution in [2.45, 2.75) is 25.0 Å². The average molecular weight is 338 g/mol. The molecule has 0 saturated carbocycles. The minimum atomic E-state index is -0.00511. The summed E-state index contributed by atoms with van der Waals surface area (Å²) in [6.45, 7) is 4.19. The molecule has 0 aromatic heterocycles. The first-order chi connectivity index (χ1) is 11.3. The molecule has 0 bridgehead atoms. The van der Waals surface area contributed by atoms with Crippen molar-refractivity contribution in [2.24, 2.45) is 0 Å². The van der Waals surface area contributed by atoms with Crippen molar-refractivity contribution in [1.29, 1.82) is 0 Å². The maximum atomic E-state index is 12.6. The van der Waals surface area contributed by atoms with Crippen LogP contribution >= 0.6 is 11.6 Å². The van der Waals surface area contributed by atoms with Gasteiger partial charge in [-0.15, -0.1) is 0 Å². The van der Waals surface area contributed by atoms with Gasteiger partial charge in [0.2, 0.25) is 5.91 Å². The molecule has 1 aromatic carbocycles. The smallest absolute Gasteiger partial charge is 0.237 e. The van der Waals surface area contributed by atoms with E-state index in [1.807, 2.05) is 29.2 Å². The zero-order chi connectivity index (χ0) is 16.1. The number of amides is 1. The van der Waals surface area contributed by atoms with Crippen LogP contribution in [0.25, 0.3) is 0 Å². The summed E-state index contributed by atoms with van der Waals surface area (Å²) in [5, 5.41) is 7.31. The first-order valence-corrected chi connectivity index (χ1v) is 8.70. The highest BCUT2D eigenvalue weighted by Crippen LogP contribution is 2.28. The lowest BCUT2D eigenvalue weighted by atomic mass is 10.0. The summed E-state index contributed by atoms with van der Waals surface area (Å²) in [4.78, 5) is 14.5. The minimum Gasteiger partial charge on any atom is -0.377 e. The van der Waals surface area contributed by atoms with Crippen LogP contribution in [0.4, 0.5) is 0 Å². The van der Waals surface area contributed by atoms with Crippen LogP contribution in [0.1, 0.15) is 24.4 Å². The highest BCUT2D eigenvalue weighted by molar-refractivity contribution is 6.31. The van der Waals surface area contributed by atoms with Gasteiger partial charge in [-0.1, -0.05) is 29.8 Å². The highest BCUT2D eigenvalue weighted by Gasteiger charge is 2.29. The summed E-state index contributed by atoms with van der Waals surface area (Å²) in [5.41, 5.74) is 1.01. The molecular formula is C17H24ClN3O2. The van der Waals surface area contributed by atoms with Gasteiger partial charge in [-0.05, 0) is 24.5 Å². The molecule has 2 aliphatic rings. The topological polar surface area (TPSA) is 53.6 Å². The van der Waals surface area contributed by atoms with Crippen LogP contribution in [0.5, 0.6) is 0 Å². The molecule has 2 atom stereocenters. The van der Waals surface area contributed by atoms with Crippen LogP contribution in [0.3, 0.4) is 0 Å². The van der Waals surface area contributed by atoms with Gasteiger partial charge in [-0.2, -0.15) is 0 Å². The predicted octanol–water partition coefficient (Wildman–Crippen LogP) is 1.58. The summed E-state index contributed by atoms with van der Waals surface area (Å²) in [7, 11) is 0. The molecule has 2 saturated heterocycles. The van der Waals surface area contributed by atoms with Gasteiger partial charge in [0.25, 0.3) is 0 Å². The first kappa shape index (κ1) is 16.7. The predicted molar refractivity (Wildman–Crippen MR) is 90.6 cm³/mol. The van der Waals surface area contributed by atoms with Crippen molar-refractivity contribution in [3.63, 3.8) is 0 Å². The van der Waals surface area contributed by atoms with E-state index in [9.17, 15) is 4.79 Å². The lowest BCUT2D eigenvalue weighted by molar-refractivity contribution is -0.133. The van der Waals surface area contributed by atoms with Gasteiger partial charge in [-0.25, -0.2) is 0 Å². The van der Waals surface area contributed by atoms with Gasteiger partial charge < -0.3 is 20.3 Å². The third-order valence-corrected chi connectivity index (χ3v) is 4.84. The Hall–Kier alpha value is -1.14. The van der Waals surface area contributed by atoms with E-state index in [-0.39, 0.29) is 18.1 Å². The van der Waals surface area contributed by atoms with E-state index in [4.69, 9.17) is 16.3 Å². The number of rotatable bonds is 5. The fourth-order valence-electron chi connectivity index (χ4n) is 3.27. The van der Waals surface area contributed by atoms with Crippen LogP contribution in [-0.2, 0) is 9.53 Å². The maximum absolute atomic E-state index is 12.6. The number of carbonyl (C=O) groups is 1. The third kappa shape index (κ3) is 4.23. The summed E-state index contributed by atoms with van der Waals surface area (Å²) in [6, 6.07) is 7.75. The van der Waals surface area contributed by atoms with Crippen molar-refractivity contribution in [3.8, 4) is 0 Å². The van der Waals surface area contributed by atoms with Crippen molar-refractivity contribution in [3.05, 3.63) is 34.9 Å². The van der Waals surface area contributed by atoms with E-state index in [0.717, 1.165) is 44.6 Å². The number of benzene rings is 1. The summed E-state index contributed by atoms with van der Waals surface area (Å²) in [6.07, 6.45) is 2.45. The van der Waals surface area contributed by atoms with Crippen molar-refractivity contribution < 1.29 is 9.53 Å². The monoisotopic (exact) mass is 337 g/mol. The largest absolute Gasteiger partial charge is 0.377 e. The molecule has 1 aromatic rings. The van der Waals surface area contributed by atoms with Crippen LogP contribution in [0, 0.1) is 0 Å². The number of piperazine rings is 1. The van der Waals surface area contributed by atoms with Crippen LogP contribution in [0.15, 0.2) is 24.3 Å². The Bertz CT molecular complexity index is 534. The summed E-state index contributed by atoms with van der Waals surface area (Å²) in [5.74, 6) is 0.120. The second-order valence-electron chi connectivity index (χ2n) is 6.09. The van der Waals surface area contributed by atoms with Gasteiger partial charge in [0, 0.05) is 37.8 Å². The molecule has 23 heavy (non-hydrogen) atoms. The van der Waals surface area contributed by atoms with Crippen LogP contribution < -0.4 is 10.6 Å². The first-order valence-electron chi connectivity index (χ1n) is 8.32. The van der Waals surface area contributed by atoms with Gasteiger partial charge in [-0.3, -0.25) is 4.79 Å². The second kappa shape index (κ2) is 8.11. The molecule has 1 amide bonds. The van der Waals surface area contributed by atoms with Gasteiger partial charge in [0.15, 0.2) is 0 Å². The Morgan fingerprint density at radius 1 is 1.43 bits per heavy atom. The van der Waals surface area contributed by atoms with Crippen molar-refractivity contribution in [2.75, 3.05) is 39.3 Å². The lowest BCUT2D eigenvalue weighted by Crippen LogP contribution is -2.51. The van der Waals surface area contributed by atoms with E-state index >= 15 is 0 Å². The second-order valence-corrected chi connectivity index (χ2v) is 6.50. The van der Waals surface area contributed by atoms with Crippen molar-refractivity contribution >= 4 is 17.5 Å². The Labute approximate surface area is 142 Å². The Morgan fingerprint density at radius 2 is 2.30 bits per heavy atom. The number of hydrogen-bond acceptors (Lipinski definition) is 4. The summed E-state index contributed by atoms with van der Waals surface area (Å²) < 4.78 is 5.57. The molecule has 2 fully saturated rings. The zero-order valence-corrected chi connectivity index (χ0v) is 14.0. The molecular weight excluding hydrogens is 314 g/mol. The van der Waals surface area contributed by atoms with E-state index in [0.29, 0.717) is 18.1 Å². The number of carbonyl (C=O) groups excluding carboxylic acids is 1. The maximum Gasteiger partial charge on any atom is 0.237 e. The van der Waals surface area contributed by atoms with Gasteiger partial charge in [0.1, 0.15) is 0 Å². The number of nitrogens with one attached hydrogen (secondary N) is 2. The van der Waals surface area contributed by atoms with E-state index in [2.05, 4.69) is 10.6 Å². The van der Waals surface area contributed by atoms with E-state index in [1.54, 1.807) is 0 Å². The average Bonchev–Trinajstić information content (AvgIpc) is 3.09. The fourth-order valence-corrected chi connectivity index (χ4v) is 3.53. The molecule has 2 unspecified atom stereocenters. The zero-order valence-electron chi connectivity index (χ0n) is 13.3. The minimum absolute atomic E-state index is 0.00511. The molecule has 0 aliphatic carbocycles. The van der Waals surface area contributed by atoms with E-state index in [1.165, 1.54) is 0 Å². The highest BCUT2D eigenvalue weighted by atomic mass is 35.5. The third-order valence-electron chi connectivity index (χ3n) is 4.50. The Morgan fingerprint density at radius 3 is 3.09 bits per heavy atom. The van der Waals surface area contributed by atoms with Crippen LogP contribution in [-0.4, -0.2) is 56.2 Å². The molecule has 0 spiro atoms. The standard InChI is InChI=1S/C17H24ClN3O2/c18-15-6-2-1-5-14(15)16-11-19-7-8-21(16)17(22)12-20-10-13-4-3-9-23-13/h1-2,5-6,13,16,19-20H,3-4,7-12H2. The van der Waals surface area contributed by atoms with E-state index < -0.39 is 0 Å². The number of hydrogen-bond donors (Lipinski definition) is 2. The van der Waals surface area contributed by atoms with Crippen LogP contribution in [0.2, 0.25) is 5.02 Å². The lowest BCUT2D eigenvalue weighted by Gasteiger charge is -2.37. The Kier molecular flexibility index (Phi) is 5.89. The molecule has 5 nitrogen and oxygen atoms in total. The quantitative estimate of drug-likeness (QED) is 0.856. The summed E-state index contributed by atoms with van der Waals surface area (Å²) >= 11 is 6.32. The molecule has 2 aliphatic heterocycles. The van der Waals surface area contributed by atoms with Gasteiger partial charge >= 0.3 is 0 Å². The number of nitrogens with zero attached hydrogens (tertiary/aromatic N) is 1. The molecule has 0 radical (unpaired) electrons. The van der Waals surface area contributed by atoms with Crippen molar-refractivity contribution in [1.82, 2.24) is 15.5 Å². The van der Waals surface area contributed by atoms with Gasteiger partial charge in [0.05, 0.1) is 18.7 Å². The normalized spacial score (nSPS) is 24.8. The molecule has 126 valence electrons. The molecule has 2 heterocycles. The molecule has 2 N–H and O–H groups in total.